The van der Waals surface area contributed by atoms with Crippen molar-refractivity contribution in [3.05, 3.63) is 0 Å². The van der Waals surface area contributed by atoms with E-state index in [4.69, 9.17) is 13.3 Å². The molecule has 0 amide bonds. The number of aliphatic hydroxyl groups is 1. The summed E-state index contributed by atoms with van der Waals surface area (Å²) in [7, 11) is 0. The first-order valence-electron chi connectivity index (χ1n) is 1.84. The third kappa shape index (κ3) is 5.58. The van der Waals surface area contributed by atoms with Crippen molar-refractivity contribution in [2.75, 3.05) is 6.61 Å². The van der Waals surface area contributed by atoms with Crippen molar-refractivity contribution in [1.82, 2.24) is 0 Å². The summed E-state index contributed by atoms with van der Waals surface area (Å²) in [5.74, 6) is -1.32. The van der Waals surface area contributed by atoms with Gasteiger partial charge in [-0.05, 0) is 0 Å². The average molecular weight is 200 g/mol. The second-order valence-electron chi connectivity index (χ2n) is 1.11. The molecule has 0 heterocycles. The van der Waals surface area contributed by atoms with Gasteiger partial charge in [-0.15, -0.1) is 0 Å². The van der Waals surface area contributed by atoms with E-state index in [1.54, 1.807) is 0 Å². The fraction of sp³-hybridized carbons (Fsp3) is 0.500. The molecule has 0 saturated carbocycles. The van der Waals surface area contributed by atoms with E-state index in [2.05, 4.69) is 3.73 Å². The molecule has 0 radical (unpaired) electrons. The van der Waals surface area contributed by atoms with E-state index in [1.165, 1.54) is 0 Å². The van der Waals surface area contributed by atoms with Crippen LogP contribution in [0.1, 0.15) is 0 Å². The average Bonchev–Trinajstić information content (AvgIpc) is 1.62. The number of aliphatic hydroxyl groups excluding tert-OH is 1. The molecule has 0 bridgehead atoms. The Kier molecular flexibility index (Phi) is 2.93. The van der Waals surface area contributed by atoms with Crippen LogP contribution in [0, 0.1) is 0 Å². The summed E-state index contributed by atoms with van der Waals surface area (Å²) in [4.78, 5) is 9.88. The van der Waals surface area contributed by atoms with Crippen molar-refractivity contribution in [2.45, 2.75) is 0 Å². The standard InChI is InChI=1S/C2H5AsO6/c4-1-2(5)9-3(6,7)8/h4H,1H2,(H2,6,7,8). The summed E-state index contributed by atoms with van der Waals surface area (Å²) in [6.07, 6.45) is 0. The molecule has 0 aromatic carbocycles. The molecule has 0 aliphatic heterocycles. The van der Waals surface area contributed by atoms with Gasteiger partial charge in [-0.1, -0.05) is 0 Å². The zero-order valence-electron chi connectivity index (χ0n) is 4.22. The van der Waals surface area contributed by atoms with Crippen molar-refractivity contribution in [3.63, 3.8) is 0 Å². The molecule has 0 aromatic heterocycles. The van der Waals surface area contributed by atoms with E-state index in [0.717, 1.165) is 0 Å². The van der Waals surface area contributed by atoms with Crippen LogP contribution in [0.4, 0.5) is 0 Å². The number of hydrogen-bond donors (Lipinski definition) is 3. The van der Waals surface area contributed by atoms with Crippen LogP contribution in [0.15, 0.2) is 0 Å². The number of carbonyl (C=O) groups is 1. The van der Waals surface area contributed by atoms with Crippen LogP contribution < -0.4 is 0 Å². The normalized spacial score (nSPS) is 11.0. The van der Waals surface area contributed by atoms with E-state index < -0.39 is 27.1 Å². The van der Waals surface area contributed by atoms with Gasteiger partial charge in [-0.2, -0.15) is 0 Å². The summed E-state index contributed by atoms with van der Waals surface area (Å²) in [5.41, 5.74) is 0. The van der Waals surface area contributed by atoms with E-state index >= 15 is 0 Å². The number of carbonyl (C=O) groups excluding carboxylic acids is 1. The van der Waals surface area contributed by atoms with E-state index in [1.807, 2.05) is 0 Å². The third-order valence-corrected chi connectivity index (χ3v) is 1.28. The minimum atomic E-state index is -5.30. The van der Waals surface area contributed by atoms with E-state index in [0.29, 0.717) is 0 Å². The summed E-state index contributed by atoms with van der Waals surface area (Å²) in [5, 5.41) is 7.89. The second-order valence-corrected chi connectivity index (χ2v) is 3.55. The molecule has 0 spiro atoms. The molecule has 0 atom stereocenters. The molecule has 0 unspecified atom stereocenters. The van der Waals surface area contributed by atoms with Crippen LogP contribution in [0.25, 0.3) is 0 Å². The Morgan fingerprint density at radius 2 is 2.00 bits per heavy atom. The van der Waals surface area contributed by atoms with E-state index in [9.17, 15) is 8.53 Å². The zero-order valence-corrected chi connectivity index (χ0v) is 6.10. The first-order chi connectivity index (χ1) is 3.95. The molecule has 6 nitrogen and oxygen atoms in total. The Morgan fingerprint density at radius 3 is 2.11 bits per heavy atom. The molecule has 0 aromatic rings. The van der Waals surface area contributed by atoms with Gasteiger partial charge in [-0.3, -0.25) is 0 Å². The second kappa shape index (κ2) is 3.03. The number of hydrogen-bond acceptors (Lipinski definition) is 4. The summed E-state index contributed by atoms with van der Waals surface area (Å²) >= 11 is -5.30. The van der Waals surface area contributed by atoms with Crippen LogP contribution in [0.2, 0.25) is 0 Å². The molecule has 0 fully saturated rings. The summed E-state index contributed by atoms with van der Waals surface area (Å²) in [6, 6.07) is 0. The molecule has 0 rings (SSSR count). The summed E-state index contributed by atoms with van der Waals surface area (Å²) in [6.45, 7) is -1.02. The van der Waals surface area contributed by atoms with Crippen LogP contribution in [-0.4, -0.2) is 40.4 Å². The van der Waals surface area contributed by atoms with Crippen molar-refractivity contribution in [1.29, 1.82) is 0 Å². The minimum absolute atomic E-state index is 1.02. The van der Waals surface area contributed by atoms with Gasteiger partial charge in [0, 0.05) is 0 Å². The zero-order chi connectivity index (χ0) is 7.49. The molecule has 54 valence electrons. The van der Waals surface area contributed by atoms with Crippen LogP contribution in [-0.2, 0) is 12.3 Å². The van der Waals surface area contributed by atoms with Gasteiger partial charge < -0.3 is 0 Å². The molecular weight excluding hydrogens is 195 g/mol. The molecule has 0 aliphatic carbocycles. The SMILES string of the molecule is O=C(CO)O[As](=O)(O)O. The number of rotatable bonds is 2. The molecule has 0 saturated heterocycles. The first kappa shape index (κ1) is 8.71. The topological polar surface area (TPSA) is 104 Å². The van der Waals surface area contributed by atoms with Gasteiger partial charge in [0.2, 0.25) is 0 Å². The van der Waals surface area contributed by atoms with Gasteiger partial charge in [0.1, 0.15) is 0 Å². The van der Waals surface area contributed by atoms with Crippen LogP contribution in [0.5, 0.6) is 0 Å². The van der Waals surface area contributed by atoms with Gasteiger partial charge in [-0.25, -0.2) is 0 Å². The molecular formula is C2H5AsO6. The molecule has 3 N–H and O–H groups in total. The Bertz CT molecular complexity index is 145. The Balaban J connectivity index is 3.75. The van der Waals surface area contributed by atoms with Crippen molar-refractivity contribution < 1.29 is 25.6 Å². The van der Waals surface area contributed by atoms with Gasteiger partial charge in [0.15, 0.2) is 0 Å². The van der Waals surface area contributed by atoms with Crippen molar-refractivity contribution in [2.24, 2.45) is 0 Å². The van der Waals surface area contributed by atoms with Crippen LogP contribution in [0.3, 0.4) is 0 Å². The maximum absolute atomic E-state index is 9.88. The summed E-state index contributed by atoms with van der Waals surface area (Å²) < 4.78 is 29.1. The predicted octanol–water partition coefficient (Wildman–Crippen LogP) is -2.63. The van der Waals surface area contributed by atoms with Gasteiger partial charge in [0.05, 0.1) is 0 Å². The monoisotopic (exact) mass is 200 g/mol. The first-order valence-corrected chi connectivity index (χ1v) is 5.05. The van der Waals surface area contributed by atoms with Gasteiger partial charge in [0.25, 0.3) is 0 Å². The maximum atomic E-state index is 9.88. The Hall–Kier alpha value is -0.292. The Morgan fingerprint density at radius 1 is 1.56 bits per heavy atom. The quantitative estimate of drug-likeness (QED) is 0.421. The van der Waals surface area contributed by atoms with Crippen molar-refractivity contribution in [3.8, 4) is 0 Å². The fourth-order valence-corrected chi connectivity index (χ4v) is 0.839. The fourth-order valence-electron chi connectivity index (χ4n) is 0.162. The van der Waals surface area contributed by atoms with E-state index in [-0.39, 0.29) is 0 Å². The molecule has 9 heavy (non-hydrogen) atoms. The molecule has 7 heteroatoms. The Labute approximate surface area is 53.4 Å². The molecule has 0 aliphatic rings. The van der Waals surface area contributed by atoms with Crippen LogP contribution >= 0.6 is 0 Å². The third-order valence-electron chi connectivity index (χ3n) is 0.350. The van der Waals surface area contributed by atoms with Crippen molar-refractivity contribution >= 4 is 20.5 Å². The van der Waals surface area contributed by atoms with Gasteiger partial charge >= 0.3 is 52.6 Å². The predicted molar refractivity (Wildman–Crippen MR) is 24.1 cm³/mol.